The maximum atomic E-state index is 5.87. The van der Waals surface area contributed by atoms with E-state index in [9.17, 15) is 0 Å². The Balaban J connectivity index is 2.13. The molecule has 5 heteroatoms. The van der Waals surface area contributed by atoms with Crippen LogP contribution in [0, 0.1) is 0 Å². The molecule has 1 unspecified atom stereocenters. The molecule has 0 amide bonds. The van der Waals surface area contributed by atoms with Crippen molar-refractivity contribution >= 4 is 22.6 Å². The quantitative estimate of drug-likeness (QED) is 0.695. The van der Waals surface area contributed by atoms with Gasteiger partial charge in [-0.05, 0) is 18.6 Å². The number of pyridine rings is 1. The third-order valence-electron chi connectivity index (χ3n) is 2.66. The first-order valence-electron chi connectivity index (χ1n) is 4.92. The Kier molecular flexibility index (Phi) is 2.11. The van der Waals surface area contributed by atoms with Crippen molar-refractivity contribution in [2.45, 2.75) is 12.5 Å². The number of hydrogen-bond donors (Lipinski definition) is 0. The van der Waals surface area contributed by atoms with E-state index in [0.29, 0.717) is 17.8 Å². The van der Waals surface area contributed by atoms with Crippen molar-refractivity contribution in [1.82, 2.24) is 14.8 Å². The second kappa shape index (κ2) is 3.47. The summed E-state index contributed by atoms with van der Waals surface area (Å²) in [5.41, 5.74) is 0.845. The molecule has 0 aromatic carbocycles. The molecular formula is C10H10ClN3O. The highest BCUT2D eigenvalue weighted by molar-refractivity contribution is 6.29. The van der Waals surface area contributed by atoms with Gasteiger partial charge in [-0.25, -0.2) is 9.67 Å². The van der Waals surface area contributed by atoms with E-state index in [1.165, 1.54) is 0 Å². The minimum Gasteiger partial charge on any atom is -0.379 e. The maximum Gasteiger partial charge on any atom is 0.159 e. The fourth-order valence-electron chi connectivity index (χ4n) is 1.88. The lowest BCUT2D eigenvalue weighted by atomic mass is 10.2. The standard InChI is InChI=1S/C10H10ClN3O/c11-9-2-1-7-5-12-14(10(7)13-9)8-3-4-15-6-8/h1-2,5,8H,3-4,6H2. The molecule has 0 aliphatic carbocycles. The molecule has 1 aliphatic rings. The monoisotopic (exact) mass is 223 g/mol. The zero-order chi connectivity index (χ0) is 10.3. The third kappa shape index (κ3) is 1.50. The van der Waals surface area contributed by atoms with Crippen LogP contribution in [0.5, 0.6) is 0 Å². The summed E-state index contributed by atoms with van der Waals surface area (Å²) in [6.45, 7) is 1.51. The van der Waals surface area contributed by atoms with E-state index < -0.39 is 0 Å². The molecule has 4 nitrogen and oxygen atoms in total. The Hall–Kier alpha value is -1.13. The van der Waals surface area contributed by atoms with E-state index in [4.69, 9.17) is 16.3 Å². The molecular weight excluding hydrogens is 214 g/mol. The molecule has 0 N–H and O–H groups in total. The van der Waals surface area contributed by atoms with Crippen molar-refractivity contribution in [3.63, 3.8) is 0 Å². The minimum absolute atomic E-state index is 0.300. The Bertz CT molecular complexity index is 490. The number of fused-ring (bicyclic) bond motifs is 1. The van der Waals surface area contributed by atoms with Gasteiger partial charge in [0.15, 0.2) is 5.65 Å². The maximum absolute atomic E-state index is 5.87. The Labute approximate surface area is 91.8 Å². The van der Waals surface area contributed by atoms with Crippen LogP contribution in [-0.2, 0) is 4.74 Å². The van der Waals surface area contributed by atoms with Gasteiger partial charge in [0, 0.05) is 12.0 Å². The van der Waals surface area contributed by atoms with Crippen LogP contribution in [0.15, 0.2) is 18.3 Å². The van der Waals surface area contributed by atoms with Gasteiger partial charge in [-0.15, -0.1) is 0 Å². The lowest BCUT2D eigenvalue weighted by molar-refractivity contribution is 0.185. The zero-order valence-corrected chi connectivity index (χ0v) is 8.81. The molecule has 0 bridgehead atoms. The van der Waals surface area contributed by atoms with Crippen LogP contribution >= 0.6 is 11.6 Å². The molecule has 0 spiro atoms. The Morgan fingerprint density at radius 2 is 2.40 bits per heavy atom. The summed E-state index contributed by atoms with van der Waals surface area (Å²) >= 11 is 5.87. The fourth-order valence-corrected chi connectivity index (χ4v) is 2.02. The molecule has 1 saturated heterocycles. The fraction of sp³-hybridized carbons (Fsp3) is 0.400. The minimum atomic E-state index is 0.300. The second-order valence-electron chi connectivity index (χ2n) is 3.65. The van der Waals surface area contributed by atoms with Gasteiger partial charge in [-0.3, -0.25) is 0 Å². The van der Waals surface area contributed by atoms with Crippen molar-refractivity contribution < 1.29 is 4.74 Å². The topological polar surface area (TPSA) is 39.9 Å². The summed E-state index contributed by atoms with van der Waals surface area (Å²) < 4.78 is 7.25. The number of halogens is 1. The molecule has 1 fully saturated rings. The van der Waals surface area contributed by atoms with Crippen LogP contribution in [0.3, 0.4) is 0 Å². The van der Waals surface area contributed by atoms with Crippen molar-refractivity contribution in [3.05, 3.63) is 23.5 Å². The summed E-state index contributed by atoms with van der Waals surface area (Å²) in [7, 11) is 0. The van der Waals surface area contributed by atoms with Crippen LogP contribution in [0.25, 0.3) is 11.0 Å². The van der Waals surface area contributed by atoms with Crippen molar-refractivity contribution in [2.75, 3.05) is 13.2 Å². The molecule has 3 rings (SSSR count). The summed E-state index contributed by atoms with van der Waals surface area (Å²) in [5.74, 6) is 0. The molecule has 78 valence electrons. The number of ether oxygens (including phenoxy) is 1. The summed E-state index contributed by atoms with van der Waals surface area (Å²) in [5, 5.41) is 5.86. The van der Waals surface area contributed by atoms with Gasteiger partial charge >= 0.3 is 0 Å². The van der Waals surface area contributed by atoms with Gasteiger partial charge in [0.05, 0.1) is 18.8 Å². The normalized spacial score (nSPS) is 21.3. The average molecular weight is 224 g/mol. The van der Waals surface area contributed by atoms with Crippen LogP contribution in [0.2, 0.25) is 5.15 Å². The average Bonchev–Trinajstić information content (AvgIpc) is 2.83. The summed E-state index contributed by atoms with van der Waals surface area (Å²) in [6, 6.07) is 4.01. The van der Waals surface area contributed by atoms with Gasteiger partial charge in [0.2, 0.25) is 0 Å². The first kappa shape index (κ1) is 9.12. The van der Waals surface area contributed by atoms with E-state index in [-0.39, 0.29) is 0 Å². The molecule has 2 aromatic heterocycles. The van der Waals surface area contributed by atoms with Gasteiger partial charge in [0.25, 0.3) is 0 Å². The lowest BCUT2D eigenvalue weighted by Crippen LogP contribution is -2.10. The van der Waals surface area contributed by atoms with Gasteiger partial charge in [-0.1, -0.05) is 11.6 Å². The smallest absolute Gasteiger partial charge is 0.159 e. The molecule has 1 atom stereocenters. The molecule has 15 heavy (non-hydrogen) atoms. The van der Waals surface area contributed by atoms with E-state index >= 15 is 0 Å². The van der Waals surface area contributed by atoms with Crippen molar-refractivity contribution in [3.8, 4) is 0 Å². The molecule has 3 heterocycles. The Morgan fingerprint density at radius 3 is 3.20 bits per heavy atom. The highest BCUT2D eigenvalue weighted by atomic mass is 35.5. The molecule has 2 aromatic rings. The van der Waals surface area contributed by atoms with Crippen LogP contribution in [-0.4, -0.2) is 28.0 Å². The van der Waals surface area contributed by atoms with E-state index in [0.717, 1.165) is 24.1 Å². The number of hydrogen-bond acceptors (Lipinski definition) is 3. The third-order valence-corrected chi connectivity index (χ3v) is 2.87. The highest BCUT2D eigenvalue weighted by Crippen LogP contribution is 2.23. The van der Waals surface area contributed by atoms with Gasteiger partial charge in [0.1, 0.15) is 5.15 Å². The second-order valence-corrected chi connectivity index (χ2v) is 4.04. The van der Waals surface area contributed by atoms with Crippen LogP contribution in [0.4, 0.5) is 0 Å². The molecule has 0 saturated carbocycles. The lowest BCUT2D eigenvalue weighted by Gasteiger charge is -2.08. The number of nitrogens with zero attached hydrogens (tertiary/aromatic N) is 3. The first-order valence-corrected chi connectivity index (χ1v) is 5.30. The predicted molar refractivity (Wildman–Crippen MR) is 57.0 cm³/mol. The van der Waals surface area contributed by atoms with E-state index in [1.54, 1.807) is 6.07 Å². The SMILES string of the molecule is Clc1ccc2cnn(C3CCOC3)c2n1. The number of rotatable bonds is 1. The van der Waals surface area contributed by atoms with Gasteiger partial charge < -0.3 is 4.74 Å². The number of aromatic nitrogens is 3. The predicted octanol–water partition coefficient (Wildman–Crippen LogP) is 2.05. The molecule has 0 radical (unpaired) electrons. The van der Waals surface area contributed by atoms with Crippen LogP contribution in [0.1, 0.15) is 12.5 Å². The van der Waals surface area contributed by atoms with Crippen molar-refractivity contribution in [1.29, 1.82) is 0 Å². The van der Waals surface area contributed by atoms with E-state index in [2.05, 4.69) is 10.1 Å². The Morgan fingerprint density at radius 1 is 1.47 bits per heavy atom. The highest BCUT2D eigenvalue weighted by Gasteiger charge is 2.20. The summed E-state index contributed by atoms with van der Waals surface area (Å²) in [6.07, 6.45) is 2.81. The summed E-state index contributed by atoms with van der Waals surface area (Å²) in [4.78, 5) is 4.29. The van der Waals surface area contributed by atoms with Gasteiger partial charge in [-0.2, -0.15) is 5.10 Å². The zero-order valence-electron chi connectivity index (χ0n) is 8.06. The first-order chi connectivity index (χ1) is 7.34. The van der Waals surface area contributed by atoms with Crippen LogP contribution < -0.4 is 0 Å². The van der Waals surface area contributed by atoms with Crippen molar-refractivity contribution in [2.24, 2.45) is 0 Å². The molecule has 1 aliphatic heterocycles. The van der Waals surface area contributed by atoms with E-state index in [1.807, 2.05) is 16.9 Å². The largest absolute Gasteiger partial charge is 0.379 e.